The van der Waals surface area contributed by atoms with Gasteiger partial charge in [0.2, 0.25) is 0 Å². The number of rotatable bonds is 4. The van der Waals surface area contributed by atoms with Gasteiger partial charge in [-0.2, -0.15) is 0 Å². The molecule has 0 fully saturated rings. The van der Waals surface area contributed by atoms with Crippen LogP contribution in [0.4, 0.5) is 10.0 Å². The van der Waals surface area contributed by atoms with E-state index in [9.17, 15) is 0 Å². The second kappa shape index (κ2) is 4.48. The average Bonchev–Trinajstić information content (AvgIpc) is 2.34. The summed E-state index contributed by atoms with van der Waals surface area (Å²) in [7, 11) is 0. The van der Waals surface area contributed by atoms with E-state index in [-0.39, 0.29) is 6.61 Å². The highest BCUT2D eigenvalue weighted by molar-refractivity contribution is 7.20. The third-order valence-electron chi connectivity index (χ3n) is 2.11. The van der Waals surface area contributed by atoms with Crippen LogP contribution < -0.4 is 11.1 Å². The predicted octanol–water partition coefficient (Wildman–Crippen LogP) is 1.74. The number of thiophene rings is 1. The highest BCUT2D eigenvalue weighted by atomic mass is 32.1. The van der Waals surface area contributed by atoms with Crippen molar-refractivity contribution < 1.29 is 5.11 Å². The topological polar surface area (TPSA) is 58.3 Å². The van der Waals surface area contributed by atoms with Crippen LogP contribution in [0.2, 0.25) is 0 Å². The van der Waals surface area contributed by atoms with Crippen LogP contribution in [0.5, 0.6) is 0 Å². The molecule has 13 heavy (non-hydrogen) atoms. The molecule has 1 aromatic rings. The Balaban J connectivity index is 2.61. The lowest BCUT2D eigenvalue weighted by molar-refractivity contribution is 0.292. The van der Waals surface area contributed by atoms with Crippen LogP contribution >= 0.6 is 11.3 Å². The first-order valence-electron chi connectivity index (χ1n) is 4.37. The van der Waals surface area contributed by atoms with E-state index in [2.05, 4.69) is 12.2 Å². The fourth-order valence-corrected chi connectivity index (χ4v) is 2.07. The van der Waals surface area contributed by atoms with Crippen LogP contribution in [0.1, 0.15) is 17.5 Å². The molecule has 1 aromatic heterocycles. The van der Waals surface area contributed by atoms with E-state index < -0.39 is 0 Å². The van der Waals surface area contributed by atoms with Crippen LogP contribution in [0.15, 0.2) is 0 Å². The molecule has 4 N–H and O–H groups in total. The minimum Gasteiger partial charge on any atom is -0.396 e. The molecule has 0 saturated carbocycles. The summed E-state index contributed by atoms with van der Waals surface area (Å²) in [5.41, 5.74) is 8.16. The summed E-state index contributed by atoms with van der Waals surface area (Å²) in [5, 5.41) is 13.9. The molecule has 0 aliphatic rings. The Kier molecular flexibility index (Phi) is 3.57. The molecule has 0 bridgehead atoms. The maximum atomic E-state index is 8.61. The van der Waals surface area contributed by atoms with E-state index in [4.69, 9.17) is 10.8 Å². The molecule has 4 heteroatoms. The third kappa shape index (κ3) is 2.35. The summed E-state index contributed by atoms with van der Waals surface area (Å²) in [5.74, 6) is 0. The van der Waals surface area contributed by atoms with Crippen LogP contribution in [0.25, 0.3) is 0 Å². The second-order valence-electron chi connectivity index (χ2n) is 3.05. The van der Waals surface area contributed by atoms with E-state index >= 15 is 0 Å². The van der Waals surface area contributed by atoms with E-state index in [0.29, 0.717) is 0 Å². The minimum atomic E-state index is 0.228. The van der Waals surface area contributed by atoms with E-state index in [0.717, 1.165) is 28.5 Å². The van der Waals surface area contributed by atoms with Crippen LogP contribution in [0.3, 0.4) is 0 Å². The van der Waals surface area contributed by atoms with Crippen molar-refractivity contribution in [3.63, 3.8) is 0 Å². The zero-order valence-electron chi connectivity index (χ0n) is 8.05. The number of nitrogens with one attached hydrogen (secondary N) is 1. The first-order valence-corrected chi connectivity index (χ1v) is 5.18. The quantitative estimate of drug-likeness (QED) is 0.649. The van der Waals surface area contributed by atoms with Crippen molar-refractivity contribution >= 4 is 21.3 Å². The summed E-state index contributed by atoms with van der Waals surface area (Å²) in [6, 6.07) is 0. The summed E-state index contributed by atoms with van der Waals surface area (Å²) in [6.45, 7) is 5.12. The number of aliphatic hydroxyl groups is 1. The highest BCUT2D eigenvalue weighted by Gasteiger charge is 2.07. The molecular formula is C9H16N2OS. The zero-order chi connectivity index (χ0) is 9.84. The normalized spacial score (nSPS) is 10.4. The maximum absolute atomic E-state index is 8.61. The van der Waals surface area contributed by atoms with Gasteiger partial charge < -0.3 is 16.2 Å². The number of hydrogen-bond donors (Lipinski definition) is 3. The monoisotopic (exact) mass is 200 g/mol. The molecule has 0 spiro atoms. The van der Waals surface area contributed by atoms with Gasteiger partial charge in [-0.05, 0) is 31.4 Å². The Labute approximate surface area is 82.6 Å². The third-order valence-corrected chi connectivity index (χ3v) is 3.29. The van der Waals surface area contributed by atoms with Gasteiger partial charge in [-0.3, -0.25) is 0 Å². The van der Waals surface area contributed by atoms with Crippen molar-refractivity contribution in [1.29, 1.82) is 0 Å². The molecule has 0 aliphatic heterocycles. The van der Waals surface area contributed by atoms with Crippen molar-refractivity contribution in [2.45, 2.75) is 20.3 Å². The molecule has 0 aliphatic carbocycles. The SMILES string of the molecule is Cc1c(N)sc(NCCCO)c1C. The lowest BCUT2D eigenvalue weighted by Gasteiger charge is -2.02. The fourth-order valence-electron chi connectivity index (χ4n) is 1.07. The van der Waals surface area contributed by atoms with Crippen LogP contribution in [-0.4, -0.2) is 18.3 Å². The molecule has 74 valence electrons. The van der Waals surface area contributed by atoms with Gasteiger partial charge in [0.1, 0.15) is 0 Å². The molecule has 0 radical (unpaired) electrons. The zero-order valence-corrected chi connectivity index (χ0v) is 8.87. The van der Waals surface area contributed by atoms with Crippen LogP contribution in [-0.2, 0) is 0 Å². The van der Waals surface area contributed by atoms with Gasteiger partial charge in [0.05, 0.1) is 10.0 Å². The number of nitrogen functional groups attached to an aromatic ring is 1. The van der Waals surface area contributed by atoms with Crippen LogP contribution in [0, 0.1) is 13.8 Å². The Hall–Kier alpha value is -0.740. The average molecular weight is 200 g/mol. The number of hydrogen-bond acceptors (Lipinski definition) is 4. The van der Waals surface area contributed by atoms with Gasteiger partial charge >= 0.3 is 0 Å². The Morgan fingerprint density at radius 1 is 1.38 bits per heavy atom. The van der Waals surface area contributed by atoms with Gasteiger partial charge in [0.25, 0.3) is 0 Å². The Bertz CT molecular complexity index is 283. The summed E-state index contributed by atoms with van der Waals surface area (Å²) in [4.78, 5) is 0. The molecule has 0 saturated heterocycles. The lowest BCUT2D eigenvalue weighted by Crippen LogP contribution is -2.02. The first kappa shape index (κ1) is 10.3. The molecule has 0 amide bonds. The molecule has 0 atom stereocenters. The van der Waals surface area contributed by atoms with Crippen molar-refractivity contribution in [2.24, 2.45) is 0 Å². The Morgan fingerprint density at radius 3 is 2.54 bits per heavy atom. The lowest BCUT2D eigenvalue weighted by atomic mass is 10.2. The smallest absolute Gasteiger partial charge is 0.0936 e. The van der Waals surface area contributed by atoms with Gasteiger partial charge in [-0.25, -0.2) is 0 Å². The van der Waals surface area contributed by atoms with Gasteiger partial charge in [0, 0.05) is 13.2 Å². The number of anilines is 2. The molecule has 1 heterocycles. The Morgan fingerprint density at radius 2 is 2.08 bits per heavy atom. The number of nitrogens with two attached hydrogens (primary N) is 1. The van der Waals surface area contributed by atoms with Gasteiger partial charge in [-0.15, -0.1) is 11.3 Å². The summed E-state index contributed by atoms with van der Waals surface area (Å²) in [6.07, 6.45) is 0.774. The van der Waals surface area contributed by atoms with Crippen molar-refractivity contribution in [3.8, 4) is 0 Å². The minimum absolute atomic E-state index is 0.228. The highest BCUT2D eigenvalue weighted by Crippen LogP contribution is 2.33. The van der Waals surface area contributed by atoms with Crippen molar-refractivity contribution in [2.75, 3.05) is 24.2 Å². The molecule has 0 unspecified atom stereocenters. The standard InChI is InChI=1S/C9H16N2OS/c1-6-7(2)9(13-8(6)10)11-4-3-5-12/h11-12H,3-5,10H2,1-2H3. The van der Waals surface area contributed by atoms with E-state index in [1.165, 1.54) is 5.56 Å². The van der Waals surface area contributed by atoms with Gasteiger partial charge in [-0.1, -0.05) is 0 Å². The number of aliphatic hydroxyl groups excluding tert-OH is 1. The van der Waals surface area contributed by atoms with Crippen molar-refractivity contribution in [3.05, 3.63) is 11.1 Å². The molecule has 3 nitrogen and oxygen atoms in total. The second-order valence-corrected chi connectivity index (χ2v) is 4.10. The first-order chi connectivity index (χ1) is 6.16. The van der Waals surface area contributed by atoms with Crippen molar-refractivity contribution in [1.82, 2.24) is 0 Å². The molecular weight excluding hydrogens is 184 g/mol. The molecule has 0 aromatic carbocycles. The summed E-state index contributed by atoms with van der Waals surface area (Å²) >= 11 is 1.58. The fraction of sp³-hybridized carbons (Fsp3) is 0.556. The van der Waals surface area contributed by atoms with E-state index in [1.807, 2.05) is 6.92 Å². The summed E-state index contributed by atoms with van der Waals surface area (Å²) < 4.78 is 0. The van der Waals surface area contributed by atoms with E-state index in [1.54, 1.807) is 11.3 Å². The molecule has 1 rings (SSSR count). The largest absolute Gasteiger partial charge is 0.396 e. The predicted molar refractivity (Wildman–Crippen MR) is 58.4 cm³/mol. The van der Waals surface area contributed by atoms with Gasteiger partial charge in [0.15, 0.2) is 0 Å². The maximum Gasteiger partial charge on any atom is 0.0936 e.